The second-order valence-corrected chi connectivity index (χ2v) is 8.30. The van der Waals surface area contributed by atoms with Crippen LogP contribution in [0.3, 0.4) is 0 Å². The molecule has 5 nitrogen and oxygen atoms in total. The Labute approximate surface area is 167 Å². The lowest BCUT2D eigenvalue weighted by molar-refractivity contribution is -0.136. The van der Waals surface area contributed by atoms with Crippen LogP contribution in [0.1, 0.15) is 18.9 Å². The summed E-state index contributed by atoms with van der Waals surface area (Å²) < 4.78 is 21.4. The maximum Gasteiger partial charge on any atom is 0.303 e. The molecule has 0 fully saturated rings. The van der Waals surface area contributed by atoms with Crippen LogP contribution in [0.2, 0.25) is 0 Å². The van der Waals surface area contributed by atoms with E-state index in [4.69, 9.17) is 9.84 Å². The second kappa shape index (κ2) is 8.22. The van der Waals surface area contributed by atoms with Crippen molar-refractivity contribution in [3.63, 3.8) is 0 Å². The van der Waals surface area contributed by atoms with E-state index < -0.39 is 17.0 Å². The van der Waals surface area contributed by atoms with Crippen molar-refractivity contribution in [2.75, 3.05) is 6.61 Å². The quantitative estimate of drug-likeness (QED) is 0.511. The number of aliphatic carboxylic acids is 1. The van der Waals surface area contributed by atoms with Crippen LogP contribution in [-0.4, -0.2) is 25.9 Å². The first-order valence-electron chi connectivity index (χ1n) is 8.16. The van der Waals surface area contributed by atoms with Crippen LogP contribution in [0.15, 0.2) is 53.6 Å². The Morgan fingerprint density at radius 3 is 2.62 bits per heavy atom. The lowest BCUT2D eigenvalue weighted by Gasteiger charge is -2.07. The van der Waals surface area contributed by atoms with Crippen LogP contribution in [0.25, 0.3) is 10.9 Å². The maximum absolute atomic E-state index is 13.1. The van der Waals surface area contributed by atoms with Crippen LogP contribution in [-0.2, 0) is 22.2 Å². The van der Waals surface area contributed by atoms with Gasteiger partial charge in [-0.2, -0.15) is 0 Å². The smallest absolute Gasteiger partial charge is 0.303 e. The highest BCUT2D eigenvalue weighted by Crippen LogP contribution is 2.29. The lowest BCUT2D eigenvalue weighted by atomic mass is 10.1. The number of carboxylic acid groups (broad SMARTS) is 1. The van der Waals surface area contributed by atoms with Gasteiger partial charge < -0.3 is 9.84 Å². The van der Waals surface area contributed by atoms with Gasteiger partial charge in [-0.15, -0.1) is 0 Å². The second-order valence-electron chi connectivity index (χ2n) is 5.69. The topological polar surface area (TPSA) is 68.5 Å². The molecule has 0 aliphatic carbocycles. The van der Waals surface area contributed by atoms with Crippen molar-refractivity contribution < 1.29 is 18.8 Å². The number of ether oxygens (including phenoxy) is 1. The molecule has 3 rings (SSSR count). The Morgan fingerprint density at radius 2 is 1.96 bits per heavy atom. The summed E-state index contributed by atoms with van der Waals surface area (Å²) in [6.07, 6.45) is 2.18. The van der Waals surface area contributed by atoms with E-state index in [0.717, 1.165) is 25.8 Å². The lowest BCUT2D eigenvalue weighted by Crippen LogP contribution is -2.03. The molecule has 0 aliphatic rings. The fourth-order valence-electron chi connectivity index (χ4n) is 2.74. The molecule has 3 aromatic rings. The predicted octanol–water partition coefficient (Wildman–Crippen LogP) is 4.23. The molecule has 7 heteroatoms. The molecule has 0 bridgehead atoms. The van der Waals surface area contributed by atoms with Crippen LogP contribution in [0.5, 0.6) is 5.75 Å². The molecule has 1 atom stereocenters. The molecule has 136 valence electrons. The number of carbonyl (C=O) groups is 1. The van der Waals surface area contributed by atoms with Gasteiger partial charge in [0.25, 0.3) is 0 Å². The largest absolute Gasteiger partial charge is 0.494 e. The average molecular weight is 483 g/mol. The summed E-state index contributed by atoms with van der Waals surface area (Å²) in [4.78, 5) is 11.7. The van der Waals surface area contributed by atoms with Crippen molar-refractivity contribution in [2.24, 2.45) is 0 Å². The Bertz CT molecular complexity index is 966. The van der Waals surface area contributed by atoms with E-state index in [1.807, 2.05) is 49.4 Å². The van der Waals surface area contributed by atoms with E-state index in [1.165, 1.54) is 0 Å². The SMILES string of the molecule is CCOc1ccc2c(c1)c(CCC(=O)O)cn2S(=O)c1ccc(I)cc1. The molecule has 0 spiro atoms. The van der Waals surface area contributed by atoms with E-state index in [0.29, 0.717) is 17.9 Å². The summed E-state index contributed by atoms with van der Waals surface area (Å²) >= 11 is 2.21. The standard InChI is InChI=1S/C19H18INO4S/c1-2-25-15-6-9-18-17(11-15)13(3-10-19(22)23)12-21(18)26(24)16-7-4-14(20)5-8-16/h4-9,11-12H,2-3,10H2,1H3,(H,22,23). The molecule has 0 saturated heterocycles. The first kappa shape index (κ1) is 18.9. The van der Waals surface area contributed by atoms with Gasteiger partial charge in [0.05, 0.1) is 17.0 Å². The number of fused-ring (bicyclic) bond motifs is 1. The molecule has 1 heterocycles. The maximum atomic E-state index is 13.1. The van der Waals surface area contributed by atoms with Crippen molar-refractivity contribution in [1.82, 2.24) is 3.97 Å². The molecule has 26 heavy (non-hydrogen) atoms. The monoisotopic (exact) mass is 483 g/mol. The van der Waals surface area contributed by atoms with Gasteiger partial charge in [-0.3, -0.25) is 8.77 Å². The molecule has 1 N–H and O–H groups in total. The Balaban J connectivity index is 2.07. The van der Waals surface area contributed by atoms with Crippen molar-refractivity contribution in [3.8, 4) is 5.75 Å². The molecule has 0 aliphatic heterocycles. The zero-order chi connectivity index (χ0) is 18.7. The first-order chi connectivity index (χ1) is 12.5. The van der Waals surface area contributed by atoms with Gasteiger partial charge in [-0.25, -0.2) is 4.21 Å². The van der Waals surface area contributed by atoms with E-state index in [2.05, 4.69) is 22.6 Å². The van der Waals surface area contributed by atoms with Crippen LogP contribution < -0.4 is 4.74 Å². The van der Waals surface area contributed by atoms with Crippen molar-refractivity contribution in [1.29, 1.82) is 0 Å². The fourth-order valence-corrected chi connectivity index (χ4v) is 4.26. The first-order valence-corrected chi connectivity index (χ1v) is 10.3. The Hall–Kier alpha value is -1.87. The average Bonchev–Trinajstić information content (AvgIpc) is 2.98. The third-order valence-corrected chi connectivity index (χ3v) is 5.99. The van der Waals surface area contributed by atoms with E-state index in [-0.39, 0.29) is 6.42 Å². The van der Waals surface area contributed by atoms with Crippen LogP contribution >= 0.6 is 22.6 Å². The van der Waals surface area contributed by atoms with Gasteiger partial charge in [-0.05, 0) is 84.0 Å². The number of carboxylic acids is 1. The third kappa shape index (κ3) is 4.09. The van der Waals surface area contributed by atoms with E-state index >= 15 is 0 Å². The number of rotatable bonds is 7. The van der Waals surface area contributed by atoms with Crippen LogP contribution in [0, 0.1) is 3.57 Å². The van der Waals surface area contributed by atoms with Crippen molar-refractivity contribution >= 4 is 50.4 Å². The van der Waals surface area contributed by atoms with Gasteiger partial charge >= 0.3 is 5.97 Å². The molecule has 0 radical (unpaired) electrons. The highest BCUT2D eigenvalue weighted by atomic mass is 127. The summed E-state index contributed by atoms with van der Waals surface area (Å²) in [5.74, 6) is -0.139. The number of benzene rings is 2. The molecule has 2 aromatic carbocycles. The number of nitrogens with zero attached hydrogens (tertiary/aromatic N) is 1. The van der Waals surface area contributed by atoms with Gasteiger partial charge in [0, 0.05) is 21.6 Å². The van der Waals surface area contributed by atoms with Gasteiger partial charge in [0.1, 0.15) is 5.75 Å². The number of halogens is 1. The number of hydrogen-bond acceptors (Lipinski definition) is 3. The fraction of sp³-hybridized carbons (Fsp3) is 0.211. The molecule has 0 amide bonds. The molecule has 1 aromatic heterocycles. The predicted molar refractivity (Wildman–Crippen MR) is 110 cm³/mol. The zero-order valence-electron chi connectivity index (χ0n) is 14.1. The summed E-state index contributed by atoms with van der Waals surface area (Å²) in [7, 11) is -1.41. The molecule has 0 saturated carbocycles. The normalized spacial score (nSPS) is 12.2. The minimum absolute atomic E-state index is 0.0220. The molecule has 1 unspecified atom stereocenters. The summed E-state index contributed by atoms with van der Waals surface area (Å²) in [5, 5.41) is 9.88. The van der Waals surface area contributed by atoms with E-state index in [9.17, 15) is 9.00 Å². The van der Waals surface area contributed by atoms with Crippen LogP contribution in [0.4, 0.5) is 0 Å². The van der Waals surface area contributed by atoms with Crippen molar-refractivity contribution in [3.05, 3.63) is 57.8 Å². The number of aryl methyl sites for hydroxylation is 1. The Morgan fingerprint density at radius 1 is 1.23 bits per heavy atom. The van der Waals surface area contributed by atoms with Gasteiger partial charge in [-0.1, -0.05) is 0 Å². The molecular formula is C19H18INO4S. The van der Waals surface area contributed by atoms with Gasteiger partial charge in [0.15, 0.2) is 11.0 Å². The minimum atomic E-state index is -1.41. The zero-order valence-corrected chi connectivity index (χ0v) is 17.1. The Kier molecular flexibility index (Phi) is 5.98. The highest BCUT2D eigenvalue weighted by molar-refractivity contribution is 14.1. The third-order valence-electron chi connectivity index (χ3n) is 3.94. The summed E-state index contributed by atoms with van der Waals surface area (Å²) in [6, 6.07) is 13.1. The number of aromatic nitrogens is 1. The van der Waals surface area contributed by atoms with E-state index in [1.54, 1.807) is 10.2 Å². The summed E-state index contributed by atoms with van der Waals surface area (Å²) in [6.45, 7) is 2.46. The number of hydrogen-bond donors (Lipinski definition) is 1. The molecular weight excluding hydrogens is 465 g/mol. The minimum Gasteiger partial charge on any atom is -0.494 e. The van der Waals surface area contributed by atoms with Crippen molar-refractivity contribution in [2.45, 2.75) is 24.7 Å². The highest BCUT2D eigenvalue weighted by Gasteiger charge is 2.16. The summed E-state index contributed by atoms with van der Waals surface area (Å²) in [5.41, 5.74) is 1.65. The van der Waals surface area contributed by atoms with Gasteiger partial charge in [0.2, 0.25) is 0 Å².